The predicted molar refractivity (Wildman–Crippen MR) is 127 cm³/mol. The van der Waals surface area contributed by atoms with E-state index in [1.807, 2.05) is 19.9 Å². The molecule has 0 radical (unpaired) electrons. The van der Waals surface area contributed by atoms with Crippen LogP contribution >= 0.6 is 23.2 Å². The third-order valence-corrected chi connectivity index (χ3v) is 6.37. The monoisotopic (exact) mass is 480 g/mol. The molecule has 1 aliphatic carbocycles. The van der Waals surface area contributed by atoms with Crippen LogP contribution in [0.1, 0.15) is 48.5 Å². The zero-order chi connectivity index (χ0) is 23.9. The van der Waals surface area contributed by atoms with Crippen molar-refractivity contribution >= 4 is 34.9 Å². The van der Waals surface area contributed by atoms with Crippen LogP contribution in [0.3, 0.4) is 0 Å². The molecule has 8 heteroatoms. The highest BCUT2D eigenvalue weighted by molar-refractivity contribution is 6.31. The fourth-order valence-corrected chi connectivity index (χ4v) is 4.75. The molecular formula is C25H22Cl2N4O2. The van der Waals surface area contributed by atoms with Crippen LogP contribution in [-0.4, -0.2) is 16.7 Å². The second-order valence-corrected chi connectivity index (χ2v) is 9.86. The molecule has 0 aromatic heterocycles. The summed E-state index contributed by atoms with van der Waals surface area (Å²) in [6, 6.07) is 15.6. The molecule has 1 heterocycles. The van der Waals surface area contributed by atoms with Crippen molar-refractivity contribution in [1.82, 2.24) is 10.4 Å². The van der Waals surface area contributed by atoms with Crippen LogP contribution in [0.2, 0.25) is 10.0 Å². The van der Waals surface area contributed by atoms with Crippen LogP contribution in [0.5, 0.6) is 0 Å². The van der Waals surface area contributed by atoms with Gasteiger partial charge in [0, 0.05) is 27.6 Å². The van der Waals surface area contributed by atoms with Gasteiger partial charge in [0.05, 0.1) is 23.3 Å². The first-order valence-corrected chi connectivity index (χ1v) is 11.1. The lowest BCUT2D eigenvalue weighted by atomic mass is 9.69. The van der Waals surface area contributed by atoms with Gasteiger partial charge in [0.2, 0.25) is 0 Å². The van der Waals surface area contributed by atoms with Gasteiger partial charge >= 0.3 is 0 Å². The summed E-state index contributed by atoms with van der Waals surface area (Å²) in [5, 5.41) is 12.4. The van der Waals surface area contributed by atoms with Gasteiger partial charge in [-0.2, -0.15) is 5.26 Å². The number of rotatable bonds is 3. The maximum absolute atomic E-state index is 13.4. The molecule has 0 spiro atoms. The quantitative estimate of drug-likeness (QED) is 0.638. The summed E-state index contributed by atoms with van der Waals surface area (Å²) in [6.07, 6.45) is 0.811. The van der Waals surface area contributed by atoms with E-state index in [2.05, 4.69) is 11.5 Å². The first kappa shape index (κ1) is 22.9. The summed E-state index contributed by atoms with van der Waals surface area (Å²) in [7, 11) is 0. The number of allylic oxidation sites excluding steroid dienone is 3. The van der Waals surface area contributed by atoms with Crippen molar-refractivity contribution in [2.45, 2.75) is 32.6 Å². The molecule has 1 unspecified atom stereocenters. The lowest BCUT2D eigenvalue weighted by Gasteiger charge is -2.43. The first-order chi connectivity index (χ1) is 15.6. The number of ketones is 1. The maximum Gasteiger partial charge on any atom is 0.270 e. The molecule has 1 aliphatic heterocycles. The number of benzene rings is 2. The minimum Gasteiger partial charge on any atom is -0.383 e. The number of amides is 1. The number of halogens is 2. The zero-order valence-electron chi connectivity index (χ0n) is 18.2. The third kappa shape index (κ3) is 4.35. The number of nitrogens with one attached hydrogen (secondary N) is 1. The first-order valence-electron chi connectivity index (χ1n) is 10.4. The minimum atomic E-state index is -0.656. The van der Waals surface area contributed by atoms with Crippen molar-refractivity contribution in [2.75, 3.05) is 0 Å². The Morgan fingerprint density at radius 3 is 2.48 bits per heavy atom. The molecule has 0 saturated carbocycles. The Kier molecular flexibility index (Phi) is 5.96. The predicted octanol–water partition coefficient (Wildman–Crippen LogP) is 5.07. The number of hydrazine groups is 1. The van der Waals surface area contributed by atoms with Crippen molar-refractivity contribution in [3.8, 4) is 6.07 Å². The van der Waals surface area contributed by atoms with E-state index in [0.29, 0.717) is 45.3 Å². The average molecular weight is 481 g/mol. The highest BCUT2D eigenvalue weighted by atomic mass is 35.5. The molecule has 168 valence electrons. The van der Waals surface area contributed by atoms with E-state index in [0.717, 1.165) is 0 Å². The van der Waals surface area contributed by atoms with Crippen LogP contribution < -0.4 is 11.2 Å². The van der Waals surface area contributed by atoms with E-state index in [1.165, 1.54) is 5.01 Å². The Balaban J connectivity index is 1.85. The lowest BCUT2D eigenvalue weighted by molar-refractivity contribution is -0.118. The molecule has 0 saturated heterocycles. The van der Waals surface area contributed by atoms with Crippen LogP contribution in [0.25, 0.3) is 0 Å². The van der Waals surface area contributed by atoms with Gasteiger partial charge < -0.3 is 5.73 Å². The maximum atomic E-state index is 13.4. The van der Waals surface area contributed by atoms with Crippen molar-refractivity contribution < 1.29 is 9.59 Å². The second kappa shape index (κ2) is 8.58. The van der Waals surface area contributed by atoms with Gasteiger partial charge in [-0.3, -0.25) is 15.0 Å². The fourth-order valence-electron chi connectivity index (χ4n) is 4.42. The van der Waals surface area contributed by atoms with E-state index in [9.17, 15) is 14.9 Å². The van der Waals surface area contributed by atoms with Gasteiger partial charge in [0.15, 0.2) is 5.78 Å². The summed E-state index contributed by atoms with van der Waals surface area (Å²) in [6.45, 7) is 3.98. The molecule has 0 fully saturated rings. The summed E-state index contributed by atoms with van der Waals surface area (Å²) in [5.74, 6) is -1.10. The van der Waals surface area contributed by atoms with E-state index >= 15 is 0 Å². The third-order valence-electron chi connectivity index (χ3n) is 5.88. The number of nitrogens with zero attached hydrogens (tertiary/aromatic N) is 2. The minimum absolute atomic E-state index is 0.0778. The van der Waals surface area contributed by atoms with Crippen LogP contribution in [0.4, 0.5) is 0 Å². The topological polar surface area (TPSA) is 99.2 Å². The van der Waals surface area contributed by atoms with Gasteiger partial charge in [-0.1, -0.05) is 49.2 Å². The highest BCUT2D eigenvalue weighted by Gasteiger charge is 2.44. The van der Waals surface area contributed by atoms with Crippen LogP contribution in [0, 0.1) is 16.7 Å². The summed E-state index contributed by atoms with van der Waals surface area (Å²) in [4.78, 5) is 26.4. The van der Waals surface area contributed by atoms with Crippen molar-refractivity contribution in [1.29, 1.82) is 5.26 Å². The molecule has 1 amide bonds. The average Bonchev–Trinajstić information content (AvgIpc) is 2.75. The molecule has 3 N–H and O–H groups in total. The fraction of sp³-hybridized carbons (Fsp3) is 0.240. The molecule has 1 atom stereocenters. The van der Waals surface area contributed by atoms with E-state index in [-0.39, 0.29) is 22.6 Å². The largest absolute Gasteiger partial charge is 0.383 e. The smallest absolute Gasteiger partial charge is 0.270 e. The Hall–Kier alpha value is -3.27. The standard InChI is InChI=1S/C25H22Cl2N4O2/c1-25(2)11-19-22(20(32)12-25)21(15-4-3-5-17(27)10-15)18(13-28)23(29)31(19)30-24(33)14-6-8-16(26)9-7-14/h3-10,21H,11-12,29H2,1-2H3,(H,30,33). The Morgan fingerprint density at radius 1 is 1.15 bits per heavy atom. The van der Waals surface area contributed by atoms with Gasteiger partial charge in [0.25, 0.3) is 5.91 Å². The van der Waals surface area contributed by atoms with Gasteiger partial charge in [-0.05, 0) is 53.8 Å². The number of carbonyl (C=O) groups excluding carboxylic acids is 2. The van der Waals surface area contributed by atoms with Crippen molar-refractivity contribution in [3.63, 3.8) is 0 Å². The number of carbonyl (C=O) groups is 2. The van der Waals surface area contributed by atoms with E-state index in [1.54, 1.807) is 42.5 Å². The SMILES string of the molecule is CC1(C)CC(=O)C2=C(C1)N(NC(=O)c1ccc(Cl)cc1)C(N)=C(C#N)C2c1cccc(Cl)c1. The molecule has 4 rings (SSSR count). The van der Waals surface area contributed by atoms with Gasteiger partial charge in [-0.25, -0.2) is 5.01 Å². The van der Waals surface area contributed by atoms with Crippen molar-refractivity contribution in [2.24, 2.45) is 11.1 Å². The second-order valence-electron chi connectivity index (χ2n) is 8.98. The van der Waals surface area contributed by atoms with Gasteiger partial charge in [-0.15, -0.1) is 0 Å². The Labute approximate surface area is 202 Å². The summed E-state index contributed by atoms with van der Waals surface area (Å²) in [5.41, 5.74) is 11.2. The van der Waals surface area contributed by atoms with Crippen molar-refractivity contribution in [3.05, 3.63) is 92.4 Å². The Morgan fingerprint density at radius 2 is 1.85 bits per heavy atom. The van der Waals surface area contributed by atoms with Crippen LogP contribution in [0.15, 0.2) is 71.2 Å². The normalized spacial score (nSPS) is 19.8. The lowest BCUT2D eigenvalue weighted by Crippen LogP contribution is -2.49. The van der Waals surface area contributed by atoms with E-state index < -0.39 is 11.8 Å². The number of nitriles is 1. The molecule has 6 nitrogen and oxygen atoms in total. The summed E-state index contributed by atoms with van der Waals surface area (Å²) >= 11 is 12.1. The molecule has 0 bridgehead atoms. The molecule has 2 aromatic carbocycles. The number of nitrogens with two attached hydrogens (primary N) is 1. The summed E-state index contributed by atoms with van der Waals surface area (Å²) < 4.78 is 0. The molecular weight excluding hydrogens is 459 g/mol. The number of Topliss-reactive ketones (excluding diaryl/α,β-unsaturated/α-hetero) is 1. The molecule has 2 aromatic rings. The van der Waals surface area contributed by atoms with E-state index in [4.69, 9.17) is 28.9 Å². The van der Waals surface area contributed by atoms with Gasteiger partial charge in [0.1, 0.15) is 5.82 Å². The Bertz CT molecular complexity index is 1260. The number of hydrogen-bond acceptors (Lipinski definition) is 5. The zero-order valence-corrected chi connectivity index (χ0v) is 19.7. The van der Waals surface area contributed by atoms with Crippen LogP contribution in [-0.2, 0) is 4.79 Å². The number of hydrogen-bond donors (Lipinski definition) is 2. The molecule has 33 heavy (non-hydrogen) atoms. The highest BCUT2D eigenvalue weighted by Crippen LogP contribution is 2.48. The molecule has 2 aliphatic rings.